The molecule has 2 aromatic rings. The van der Waals surface area contributed by atoms with Crippen LogP contribution in [-0.4, -0.2) is 14.6 Å². The molecule has 0 spiro atoms. The Morgan fingerprint density at radius 1 is 1.43 bits per heavy atom. The molecule has 4 nitrogen and oxygen atoms in total. The molecule has 0 unspecified atom stereocenters. The maximum absolute atomic E-state index is 5.73. The number of nitrogen functional groups attached to an aromatic ring is 1. The van der Waals surface area contributed by atoms with Gasteiger partial charge in [0.1, 0.15) is 11.8 Å². The van der Waals surface area contributed by atoms with Crippen LogP contribution in [0.1, 0.15) is 25.5 Å². The van der Waals surface area contributed by atoms with Gasteiger partial charge in [-0.2, -0.15) is 5.10 Å². The monoisotopic (exact) mass is 190 g/mol. The zero-order valence-electron chi connectivity index (χ0n) is 8.27. The molecule has 2 rings (SSSR count). The van der Waals surface area contributed by atoms with Crippen LogP contribution >= 0.6 is 0 Å². The van der Waals surface area contributed by atoms with E-state index in [1.54, 1.807) is 0 Å². The Labute approximate surface area is 82.8 Å². The molecule has 14 heavy (non-hydrogen) atoms. The second-order valence-electron chi connectivity index (χ2n) is 3.37. The first-order valence-corrected chi connectivity index (χ1v) is 4.90. The number of unbranched alkanes of at least 4 members (excludes halogenated alkanes) is 1. The van der Waals surface area contributed by atoms with Crippen LogP contribution in [-0.2, 0) is 6.42 Å². The van der Waals surface area contributed by atoms with Crippen LogP contribution in [0.15, 0.2) is 18.5 Å². The summed E-state index contributed by atoms with van der Waals surface area (Å²) in [6.07, 6.45) is 4.91. The first-order chi connectivity index (χ1) is 6.83. The van der Waals surface area contributed by atoms with Crippen LogP contribution in [0.4, 0.5) is 5.82 Å². The zero-order chi connectivity index (χ0) is 9.97. The highest BCUT2D eigenvalue weighted by atomic mass is 15.2. The number of hydrogen-bond donors (Lipinski definition) is 1. The lowest BCUT2D eigenvalue weighted by Crippen LogP contribution is -2.01. The van der Waals surface area contributed by atoms with Crippen molar-refractivity contribution in [3.63, 3.8) is 0 Å². The van der Waals surface area contributed by atoms with Crippen molar-refractivity contribution in [2.45, 2.75) is 26.2 Å². The zero-order valence-corrected chi connectivity index (χ0v) is 8.27. The van der Waals surface area contributed by atoms with Gasteiger partial charge in [0.05, 0.1) is 0 Å². The highest BCUT2D eigenvalue weighted by Gasteiger charge is 2.04. The fourth-order valence-corrected chi connectivity index (χ4v) is 1.55. The fraction of sp³-hybridized carbons (Fsp3) is 0.400. The van der Waals surface area contributed by atoms with E-state index < -0.39 is 0 Å². The van der Waals surface area contributed by atoms with Crippen molar-refractivity contribution >= 4 is 11.3 Å². The maximum atomic E-state index is 5.73. The van der Waals surface area contributed by atoms with Crippen LogP contribution in [0.5, 0.6) is 0 Å². The van der Waals surface area contributed by atoms with Gasteiger partial charge in [0.25, 0.3) is 0 Å². The number of nitrogens with two attached hydrogens (primary N) is 1. The highest BCUT2D eigenvalue weighted by molar-refractivity contribution is 5.65. The third-order valence-corrected chi connectivity index (χ3v) is 2.35. The van der Waals surface area contributed by atoms with Crippen LogP contribution in [0.25, 0.3) is 5.52 Å². The molecule has 0 aliphatic rings. The van der Waals surface area contributed by atoms with Gasteiger partial charge in [-0.05, 0) is 25.0 Å². The predicted molar refractivity (Wildman–Crippen MR) is 56.0 cm³/mol. The molecule has 74 valence electrons. The van der Waals surface area contributed by atoms with Gasteiger partial charge < -0.3 is 5.73 Å². The Hall–Kier alpha value is -1.58. The van der Waals surface area contributed by atoms with Gasteiger partial charge >= 0.3 is 0 Å². The van der Waals surface area contributed by atoms with Gasteiger partial charge in [0.15, 0.2) is 5.82 Å². The minimum absolute atomic E-state index is 0.544. The van der Waals surface area contributed by atoms with Gasteiger partial charge in [0.2, 0.25) is 0 Å². The summed E-state index contributed by atoms with van der Waals surface area (Å²) < 4.78 is 1.87. The number of anilines is 1. The van der Waals surface area contributed by atoms with E-state index in [2.05, 4.69) is 23.1 Å². The molecular weight excluding hydrogens is 176 g/mol. The van der Waals surface area contributed by atoms with Crippen LogP contribution in [0.3, 0.4) is 0 Å². The average Bonchev–Trinajstić information content (AvgIpc) is 2.60. The van der Waals surface area contributed by atoms with Crippen molar-refractivity contribution < 1.29 is 0 Å². The van der Waals surface area contributed by atoms with Gasteiger partial charge in [-0.25, -0.2) is 9.50 Å². The molecule has 0 radical (unpaired) electrons. The molecule has 2 heterocycles. The van der Waals surface area contributed by atoms with Gasteiger partial charge in [0, 0.05) is 5.69 Å². The summed E-state index contributed by atoms with van der Waals surface area (Å²) in [5.41, 5.74) is 7.83. The molecule has 4 heteroatoms. The highest BCUT2D eigenvalue weighted by Crippen LogP contribution is 2.14. The predicted octanol–water partition coefficient (Wildman–Crippen LogP) is 1.65. The molecule has 0 atom stereocenters. The first-order valence-electron chi connectivity index (χ1n) is 4.90. The maximum Gasteiger partial charge on any atom is 0.151 e. The summed E-state index contributed by atoms with van der Waals surface area (Å²) in [5.74, 6) is 0.544. The van der Waals surface area contributed by atoms with E-state index in [0.29, 0.717) is 5.82 Å². The molecule has 0 saturated carbocycles. The van der Waals surface area contributed by atoms with E-state index in [1.807, 2.05) is 10.6 Å². The molecule has 0 aliphatic heterocycles. The topological polar surface area (TPSA) is 56.2 Å². The van der Waals surface area contributed by atoms with E-state index in [1.165, 1.54) is 24.9 Å². The largest absolute Gasteiger partial charge is 0.382 e. The quantitative estimate of drug-likeness (QED) is 0.800. The van der Waals surface area contributed by atoms with Gasteiger partial charge in [-0.15, -0.1) is 0 Å². The molecule has 0 amide bonds. The minimum Gasteiger partial charge on any atom is -0.382 e. The number of hydrogen-bond acceptors (Lipinski definition) is 3. The molecule has 0 fully saturated rings. The summed E-state index contributed by atoms with van der Waals surface area (Å²) in [6.45, 7) is 2.18. The number of nitrogens with zero attached hydrogens (tertiary/aromatic N) is 3. The van der Waals surface area contributed by atoms with Crippen molar-refractivity contribution in [1.29, 1.82) is 0 Å². The Bertz CT molecular complexity index is 433. The van der Waals surface area contributed by atoms with Crippen molar-refractivity contribution in [3.05, 3.63) is 24.2 Å². The molecule has 0 saturated heterocycles. The van der Waals surface area contributed by atoms with E-state index in [0.717, 1.165) is 11.9 Å². The van der Waals surface area contributed by atoms with E-state index in [9.17, 15) is 0 Å². The number of aromatic nitrogens is 3. The third kappa shape index (κ3) is 1.43. The van der Waals surface area contributed by atoms with E-state index >= 15 is 0 Å². The van der Waals surface area contributed by atoms with Crippen LogP contribution < -0.4 is 5.73 Å². The molecule has 2 N–H and O–H groups in total. The lowest BCUT2D eigenvalue weighted by atomic mass is 10.2. The lowest BCUT2D eigenvalue weighted by Gasteiger charge is -2.01. The van der Waals surface area contributed by atoms with Gasteiger partial charge in [-0.1, -0.05) is 13.3 Å². The average molecular weight is 190 g/mol. The summed E-state index contributed by atoms with van der Waals surface area (Å²) in [4.78, 5) is 3.95. The number of fused-ring (bicyclic) bond motifs is 1. The summed E-state index contributed by atoms with van der Waals surface area (Å²) in [7, 11) is 0. The third-order valence-electron chi connectivity index (χ3n) is 2.35. The van der Waals surface area contributed by atoms with Crippen molar-refractivity contribution in [3.8, 4) is 0 Å². The summed E-state index contributed by atoms with van der Waals surface area (Å²) in [5, 5.41) is 4.18. The van der Waals surface area contributed by atoms with Gasteiger partial charge in [-0.3, -0.25) is 0 Å². The Balaban J connectivity index is 2.42. The standard InChI is InChI=1S/C10H14N4/c1-2-3-4-8-5-6-9-10(11)12-7-13-14(8)9/h5-7H,2-4H2,1H3,(H2,11,12,13). The molecule has 0 aromatic carbocycles. The second-order valence-corrected chi connectivity index (χ2v) is 3.37. The smallest absolute Gasteiger partial charge is 0.151 e. The Morgan fingerprint density at radius 3 is 3.07 bits per heavy atom. The molecular formula is C10H14N4. The van der Waals surface area contributed by atoms with Crippen molar-refractivity contribution in [1.82, 2.24) is 14.6 Å². The minimum atomic E-state index is 0.544. The first kappa shape index (κ1) is 8.99. The summed E-state index contributed by atoms with van der Waals surface area (Å²) in [6, 6.07) is 4.04. The SMILES string of the molecule is CCCCc1ccc2c(N)ncnn12. The van der Waals surface area contributed by atoms with Crippen LogP contribution in [0.2, 0.25) is 0 Å². The van der Waals surface area contributed by atoms with Crippen LogP contribution in [0, 0.1) is 0 Å². The summed E-state index contributed by atoms with van der Waals surface area (Å²) >= 11 is 0. The van der Waals surface area contributed by atoms with Crippen molar-refractivity contribution in [2.24, 2.45) is 0 Å². The second kappa shape index (κ2) is 3.65. The molecule has 0 aliphatic carbocycles. The van der Waals surface area contributed by atoms with Crippen molar-refractivity contribution in [2.75, 3.05) is 5.73 Å². The Kier molecular flexibility index (Phi) is 2.35. The van der Waals surface area contributed by atoms with E-state index in [-0.39, 0.29) is 0 Å². The molecule has 2 aromatic heterocycles. The number of rotatable bonds is 3. The normalized spacial score (nSPS) is 10.9. The number of aryl methyl sites for hydroxylation is 1. The lowest BCUT2D eigenvalue weighted by molar-refractivity contribution is 0.741. The fourth-order valence-electron chi connectivity index (χ4n) is 1.55. The van der Waals surface area contributed by atoms with E-state index in [4.69, 9.17) is 5.73 Å². The molecule has 0 bridgehead atoms. The Morgan fingerprint density at radius 2 is 2.29 bits per heavy atom.